The molecule has 0 N–H and O–H groups in total. The van der Waals surface area contributed by atoms with Gasteiger partial charge in [-0.3, -0.25) is 0 Å². The molecule has 1 heteroatoms. The molecule has 19 heavy (non-hydrogen) atoms. The van der Waals surface area contributed by atoms with Crippen molar-refractivity contribution in [3.05, 3.63) is 71.8 Å². The Morgan fingerprint density at radius 1 is 0.895 bits per heavy atom. The molecule has 3 rings (SSSR count). The van der Waals surface area contributed by atoms with Crippen LogP contribution >= 0.6 is 0 Å². The molecule has 1 saturated heterocycles. The van der Waals surface area contributed by atoms with Crippen LogP contribution in [0.4, 0.5) is 0 Å². The van der Waals surface area contributed by atoms with E-state index < -0.39 is 0 Å². The standard InChI is InChI=1S/C18H20O/c1-2-3-14-17-18(19-17,15-10-6-4-7-11-15)16-12-8-5-9-13-16/h4-13,17H,2-3,14H2,1H3. The lowest BCUT2D eigenvalue weighted by Gasteiger charge is -2.14. The first-order chi connectivity index (χ1) is 9.38. The molecule has 0 saturated carbocycles. The van der Waals surface area contributed by atoms with E-state index in [9.17, 15) is 0 Å². The summed E-state index contributed by atoms with van der Waals surface area (Å²) in [5.74, 6) is 0. The predicted molar refractivity (Wildman–Crippen MR) is 78.1 cm³/mol. The summed E-state index contributed by atoms with van der Waals surface area (Å²) >= 11 is 0. The molecule has 0 bridgehead atoms. The SMILES string of the molecule is CCCCC1OC1(c1ccccc1)c1ccccc1. The number of rotatable bonds is 5. The van der Waals surface area contributed by atoms with Gasteiger partial charge in [-0.2, -0.15) is 0 Å². The lowest BCUT2D eigenvalue weighted by molar-refractivity contribution is 0.321. The van der Waals surface area contributed by atoms with E-state index in [-0.39, 0.29) is 5.60 Å². The van der Waals surface area contributed by atoms with Crippen LogP contribution in [0.25, 0.3) is 0 Å². The van der Waals surface area contributed by atoms with E-state index in [1.54, 1.807) is 0 Å². The number of hydrogen-bond acceptors (Lipinski definition) is 1. The van der Waals surface area contributed by atoms with Gasteiger partial charge in [-0.15, -0.1) is 0 Å². The van der Waals surface area contributed by atoms with E-state index >= 15 is 0 Å². The van der Waals surface area contributed by atoms with Crippen molar-refractivity contribution in [1.82, 2.24) is 0 Å². The molecule has 2 aromatic carbocycles. The quantitative estimate of drug-likeness (QED) is 0.713. The molecule has 1 heterocycles. The molecule has 0 aromatic heterocycles. The Kier molecular flexibility index (Phi) is 3.39. The largest absolute Gasteiger partial charge is 0.356 e. The van der Waals surface area contributed by atoms with Crippen LogP contribution in [-0.4, -0.2) is 6.10 Å². The fourth-order valence-electron chi connectivity index (χ4n) is 2.89. The fourth-order valence-corrected chi connectivity index (χ4v) is 2.89. The van der Waals surface area contributed by atoms with E-state index in [1.807, 2.05) is 0 Å². The average Bonchev–Trinajstić information content (AvgIpc) is 3.23. The van der Waals surface area contributed by atoms with Gasteiger partial charge in [-0.25, -0.2) is 0 Å². The number of ether oxygens (including phenoxy) is 1. The maximum atomic E-state index is 6.18. The van der Waals surface area contributed by atoms with Gasteiger partial charge in [0.25, 0.3) is 0 Å². The summed E-state index contributed by atoms with van der Waals surface area (Å²) in [6.45, 7) is 2.23. The third-order valence-corrected chi connectivity index (χ3v) is 3.95. The highest BCUT2D eigenvalue weighted by molar-refractivity contribution is 5.42. The van der Waals surface area contributed by atoms with Crippen molar-refractivity contribution in [3.63, 3.8) is 0 Å². The van der Waals surface area contributed by atoms with Crippen LogP contribution in [0, 0.1) is 0 Å². The van der Waals surface area contributed by atoms with Crippen molar-refractivity contribution in [2.24, 2.45) is 0 Å². The third kappa shape index (κ3) is 2.19. The van der Waals surface area contributed by atoms with Gasteiger partial charge in [-0.05, 0) is 17.5 Å². The van der Waals surface area contributed by atoms with Crippen molar-refractivity contribution in [2.75, 3.05) is 0 Å². The lowest BCUT2D eigenvalue weighted by Crippen LogP contribution is -2.14. The fraction of sp³-hybridized carbons (Fsp3) is 0.333. The van der Waals surface area contributed by atoms with Crippen LogP contribution in [0.5, 0.6) is 0 Å². The van der Waals surface area contributed by atoms with E-state index in [1.165, 1.54) is 24.0 Å². The van der Waals surface area contributed by atoms with Gasteiger partial charge in [0.15, 0.2) is 0 Å². The van der Waals surface area contributed by atoms with Gasteiger partial charge in [0.05, 0.1) is 6.10 Å². The topological polar surface area (TPSA) is 12.5 Å². The zero-order valence-electron chi connectivity index (χ0n) is 11.4. The van der Waals surface area contributed by atoms with Crippen molar-refractivity contribution in [1.29, 1.82) is 0 Å². The second kappa shape index (κ2) is 5.18. The minimum absolute atomic E-state index is 0.197. The molecule has 0 radical (unpaired) electrons. The maximum Gasteiger partial charge on any atom is 0.145 e. The smallest absolute Gasteiger partial charge is 0.145 e. The summed E-state index contributed by atoms with van der Waals surface area (Å²) in [6.07, 6.45) is 3.92. The van der Waals surface area contributed by atoms with E-state index in [2.05, 4.69) is 67.6 Å². The molecule has 0 spiro atoms. The van der Waals surface area contributed by atoms with Gasteiger partial charge in [0.2, 0.25) is 0 Å². The summed E-state index contributed by atoms with van der Waals surface area (Å²) in [5.41, 5.74) is 2.36. The van der Waals surface area contributed by atoms with E-state index in [4.69, 9.17) is 4.74 Å². The molecule has 1 atom stereocenters. The molecule has 1 unspecified atom stereocenters. The van der Waals surface area contributed by atoms with Gasteiger partial charge in [0, 0.05) is 0 Å². The molecule has 0 amide bonds. The second-order valence-corrected chi connectivity index (χ2v) is 5.22. The molecule has 1 aliphatic rings. The first kappa shape index (κ1) is 12.4. The van der Waals surface area contributed by atoms with Crippen molar-refractivity contribution >= 4 is 0 Å². The maximum absolute atomic E-state index is 6.18. The number of unbranched alkanes of at least 4 members (excludes halogenated alkanes) is 1. The monoisotopic (exact) mass is 252 g/mol. The van der Waals surface area contributed by atoms with Crippen molar-refractivity contribution in [2.45, 2.75) is 37.9 Å². The van der Waals surface area contributed by atoms with Crippen LogP contribution < -0.4 is 0 Å². The normalized spacial score (nSPS) is 20.2. The van der Waals surface area contributed by atoms with Crippen LogP contribution in [0.2, 0.25) is 0 Å². The van der Waals surface area contributed by atoms with Crippen LogP contribution in [-0.2, 0) is 10.3 Å². The Bertz CT molecular complexity index is 478. The Morgan fingerprint density at radius 2 is 1.42 bits per heavy atom. The summed E-state index contributed by atoms with van der Waals surface area (Å²) in [4.78, 5) is 0. The number of benzene rings is 2. The summed E-state index contributed by atoms with van der Waals surface area (Å²) in [6, 6.07) is 21.2. The molecule has 1 fully saturated rings. The van der Waals surface area contributed by atoms with Crippen molar-refractivity contribution in [3.8, 4) is 0 Å². The second-order valence-electron chi connectivity index (χ2n) is 5.22. The zero-order chi connectivity index (χ0) is 13.1. The molecule has 1 aliphatic heterocycles. The van der Waals surface area contributed by atoms with Crippen LogP contribution in [0.15, 0.2) is 60.7 Å². The highest BCUT2D eigenvalue weighted by Gasteiger charge is 2.58. The average molecular weight is 252 g/mol. The first-order valence-corrected chi connectivity index (χ1v) is 7.17. The van der Waals surface area contributed by atoms with Gasteiger partial charge in [-0.1, -0.05) is 80.4 Å². The predicted octanol–water partition coefficient (Wildman–Crippen LogP) is 4.52. The Labute approximate surface area is 115 Å². The number of epoxide rings is 1. The highest BCUT2D eigenvalue weighted by atomic mass is 16.6. The first-order valence-electron chi connectivity index (χ1n) is 7.17. The minimum Gasteiger partial charge on any atom is -0.356 e. The number of hydrogen-bond donors (Lipinski definition) is 0. The lowest BCUT2D eigenvalue weighted by atomic mass is 9.86. The molecule has 2 aromatic rings. The third-order valence-electron chi connectivity index (χ3n) is 3.95. The summed E-state index contributed by atoms with van der Waals surface area (Å²) in [5, 5.41) is 0. The van der Waals surface area contributed by atoms with Gasteiger partial charge < -0.3 is 4.74 Å². The Morgan fingerprint density at radius 3 is 1.89 bits per heavy atom. The Balaban J connectivity index is 1.95. The minimum atomic E-state index is -0.197. The molecular formula is C18H20O. The summed E-state index contributed by atoms with van der Waals surface area (Å²) in [7, 11) is 0. The molecular weight excluding hydrogens is 232 g/mol. The Hall–Kier alpha value is -1.60. The van der Waals surface area contributed by atoms with E-state index in [0.29, 0.717) is 6.10 Å². The summed E-state index contributed by atoms with van der Waals surface area (Å²) < 4.78 is 6.18. The zero-order valence-corrected chi connectivity index (χ0v) is 11.4. The van der Waals surface area contributed by atoms with Gasteiger partial charge >= 0.3 is 0 Å². The highest BCUT2D eigenvalue weighted by Crippen LogP contribution is 2.53. The van der Waals surface area contributed by atoms with Crippen molar-refractivity contribution < 1.29 is 4.74 Å². The van der Waals surface area contributed by atoms with Crippen LogP contribution in [0.1, 0.15) is 37.3 Å². The van der Waals surface area contributed by atoms with Gasteiger partial charge in [0.1, 0.15) is 5.60 Å². The van der Waals surface area contributed by atoms with Crippen LogP contribution in [0.3, 0.4) is 0 Å². The molecule has 1 nitrogen and oxygen atoms in total. The molecule has 0 aliphatic carbocycles. The van der Waals surface area contributed by atoms with E-state index in [0.717, 1.165) is 6.42 Å². The molecule has 98 valence electrons.